The molecular formula is C32H53N5O10. The molecule has 1 saturated heterocycles. The van der Waals surface area contributed by atoms with Gasteiger partial charge in [-0.15, -0.1) is 0 Å². The fourth-order valence-electron chi connectivity index (χ4n) is 4.27. The summed E-state index contributed by atoms with van der Waals surface area (Å²) in [5, 5.41) is 0. The SMILES string of the molecule is COC(=O)C1CCN(c2cnc(N(CCOCCOCCN(C(=O)OC(C)(C)C)C(=O)OC(C)(C)C)C(=O)OC(C)(C)C)cn2)CC1. The Balaban J connectivity index is 1.90. The predicted molar refractivity (Wildman–Crippen MR) is 173 cm³/mol. The highest BCUT2D eigenvalue weighted by Crippen LogP contribution is 2.24. The molecule has 1 aromatic rings. The smallest absolute Gasteiger partial charge is 0.419 e. The second-order valence-electron chi connectivity index (χ2n) is 14.0. The molecule has 2 rings (SSSR count). The van der Waals surface area contributed by atoms with Crippen LogP contribution >= 0.6 is 0 Å². The van der Waals surface area contributed by atoms with Crippen molar-refractivity contribution < 1.29 is 47.6 Å². The quantitative estimate of drug-likeness (QED) is 0.170. The first-order valence-corrected chi connectivity index (χ1v) is 15.8. The van der Waals surface area contributed by atoms with Crippen molar-refractivity contribution >= 4 is 35.9 Å². The zero-order valence-electron chi connectivity index (χ0n) is 29.6. The van der Waals surface area contributed by atoms with Gasteiger partial charge in [-0.3, -0.25) is 9.69 Å². The van der Waals surface area contributed by atoms with Crippen LogP contribution in [0.4, 0.5) is 26.0 Å². The van der Waals surface area contributed by atoms with Crippen LogP contribution in [0.5, 0.6) is 0 Å². The molecule has 0 bridgehead atoms. The van der Waals surface area contributed by atoms with E-state index in [-0.39, 0.29) is 51.4 Å². The number of carbonyl (C=O) groups excluding carboxylic acids is 4. The van der Waals surface area contributed by atoms with E-state index in [0.29, 0.717) is 37.6 Å². The van der Waals surface area contributed by atoms with Crippen molar-refractivity contribution in [1.82, 2.24) is 14.9 Å². The van der Waals surface area contributed by atoms with Gasteiger partial charge >= 0.3 is 24.2 Å². The molecule has 0 radical (unpaired) electrons. The van der Waals surface area contributed by atoms with Gasteiger partial charge in [0.15, 0.2) is 5.82 Å². The minimum Gasteiger partial charge on any atom is -0.469 e. The Morgan fingerprint density at radius 1 is 0.723 bits per heavy atom. The number of ether oxygens (including phenoxy) is 6. The third kappa shape index (κ3) is 14.7. The topological polar surface area (TPSA) is 159 Å². The molecule has 1 aromatic heterocycles. The zero-order chi connectivity index (χ0) is 35.4. The van der Waals surface area contributed by atoms with Crippen molar-refractivity contribution in [3.8, 4) is 0 Å². The van der Waals surface area contributed by atoms with E-state index in [9.17, 15) is 19.2 Å². The first kappa shape index (κ1) is 39.5. The molecule has 0 spiro atoms. The normalized spacial score (nSPS) is 14.3. The number of carbonyl (C=O) groups is 4. The third-order valence-electron chi connectivity index (χ3n) is 6.39. The van der Waals surface area contributed by atoms with Gasteiger partial charge < -0.3 is 33.3 Å². The van der Waals surface area contributed by atoms with Gasteiger partial charge in [0.2, 0.25) is 0 Å². The molecule has 0 N–H and O–H groups in total. The van der Waals surface area contributed by atoms with Crippen molar-refractivity contribution in [2.24, 2.45) is 5.92 Å². The minimum atomic E-state index is -0.826. The maximum atomic E-state index is 13.0. The van der Waals surface area contributed by atoms with Gasteiger partial charge in [0.1, 0.15) is 22.6 Å². The summed E-state index contributed by atoms with van der Waals surface area (Å²) in [6, 6.07) is 0. The van der Waals surface area contributed by atoms with E-state index in [1.54, 1.807) is 68.5 Å². The van der Waals surface area contributed by atoms with E-state index in [1.165, 1.54) is 18.2 Å². The number of amides is 3. The number of methoxy groups -OCH3 is 1. The van der Waals surface area contributed by atoms with Gasteiger partial charge in [0.05, 0.1) is 64.9 Å². The van der Waals surface area contributed by atoms with Crippen LogP contribution in [0, 0.1) is 5.92 Å². The fourth-order valence-corrected chi connectivity index (χ4v) is 4.27. The van der Waals surface area contributed by atoms with E-state index in [0.717, 1.165) is 4.90 Å². The highest BCUT2D eigenvalue weighted by molar-refractivity contribution is 5.88. The molecule has 3 amide bonds. The average molecular weight is 668 g/mol. The monoisotopic (exact) mass is 667 g/mol. The van der Waals surface area contributed by atoms with Crippen molar-refractivity contribution in [1.29, 1.82) is 0 Å². The Bertz CT molecular complexity index is 1140. The molecule has 266 valence electrons. The van der Waals surface area contributed by atoms with E-state index in [4.69, 9.17) is 28.4 Å². The molecular weight excluding hydrogens is 614 g/mol. The second-order valence-corrected chi connectivity index (χ2v) is 14.0. The molecule has 0 saturated carbocycles. The van der Waals surface area contributed by atoms with Crippen molar-refractivity contribution in [2.75, 3.05) is 69.5 Å². The van der Waals surface area contributed by atoms with Crippen LogP contribution in [0.1, 0.15) is 75.2 Å². The van der Waals surface area contributed by atoms with Gasteiger partial charge in [-0.2, -0.15) is 0 Å². The van der Waals surface area contributed by atoms with Crippen LogP contribution in [-0.4, -0.2) is 116 Å². The molecule has 0 aromatic carbocycles. The number of esters is 1. The van der Waals surface area contributed by atoms with Gasteiger partial charge in [0, 0.05) is 13.1 Å². The highest BCUT2D eigenvalue weighted by Gasteiger charge is 2.31. The highest BCUT2D eigenvalue weighted by atomic mass is 16.6. The second kappa shape index (κ2) is 17.4. The maximum absolute atomic E-state index is 13.0. The van der Waals surface area contributed by atoms with Crippen LogP contribution in [0.25, 0.3) is 0 Å². The lowest BCUT2D eigenvalue weighted by molar-refractivity contribution is -0.146. The number of aromatic nitrogens is 2. The molecule has 1 fully saturated rings. The predicted octanol–water partition coefficient (Wildman–Crippen LogP) is 4.81. The number of anilines is 2. The van der Waals surface area contributed by atoms with Crippen LogP contribution in [0.3, 0.4) is 0 Å². The van der Waals surface area contributed by atoms with Crippen molar-refractivity contribution in [3.05, 3.63) is 12.4 Å². The van der Waals surface area contributed by atoms with Crippen LogP contribution in [0.2, 0.25) is 0 Å². The Labute approximate surface area is 278 Å². The van der Waals surface area contributed by atoms with E-state index in [1.807, 2.05) is 4.90 Å². The third-order valence-corrected chi connectivity index (χ3v) is 6.39. The number of nitrogens with zero attached hydrogens (tertiary/aromatic N) is 5. The van der Waals surface area contributed by atoms with E-state index >= 15 is 0 Å². The number of piperidine rings is 1. The van der Waals surface area contributed by atoms with Gasteiger partial charge in [-0.25, -0.2) is 29.3 Å². The largest absolute Gasteiger partial charge is 0.469 e. The van der Waals surface area contributed by atoms with Gasteiger partial charge in [-0.05, 0) is 75.2 Å². The summed E-state index contributed by atoms with van der Waals surface area (Å²) in [6.07, 6.45) is 2.18. The summed E-state index contributed by atoms with van der Waals surface area (Å²) in [6.45, 7) is 17.4. The molecule has 1 aliphatic heterocycles. The zero-order valence-corrected chi connectivity index (χ0v) is 29.6. The Hall–Kier alpha value is -3.72. The average Bonchev–Trinajstić information content (AvgIpc) is 2.95. The molecule has 0 aliphatic carbocycles. The molecule has 0 unspecified atom stereocenters. The number of hydrogen-bond acceptors (Lipinski definition) is 13. The lowest BCUT2D eigenvalue weighted by Crippen LogP contribution is -2.45. The number of hydrogen-bond donors (Lipinski definition) is 0. The minimum absolute atomic E-state index is 0.0359. The molecule has 1 aliphatic rings. The number of imide groups is 1. The fraction of sp³-hybridized carbons (Fsp3) is 0.750. The van der Waals surface area contributed by atoms with E-state index < -0.39 is 35.1 Å². The molecule has 2 heterocycles. The molecule has 0 atom stereocenters. The summed E-state index contributed by atoms with van der Waals surface area (Å²) in [4.78, 5) is 63.4. The van der Waals surface area contributed by atoms with Crippen molar-refractivity contribution in [2.45, 2.75) is 92.0 Å². The number of rotatable bonds is 12. The molecule has 15 nitrogen and oxygen atoms in total. The maximum Gasteiger partial charge on any atom is 0.419 e. The molecule has 47 heavy (non-hydrogen) atoms. The lowest BCUT2D eigenvalue weighted by Gasteiger charge is -2.31. The van der Waals surface area contributed by atoms with Gasteiger partial charge in [-0.1, -0.05) is 0 Å². The summed E-state index contributed by atoms with van der Waals surface area (Å²) in [7, 11) is 1.40. The van der Waals surface area contributed by atoms with E-state index in [2.05, 4.69) is 9.97 Å². The van der Waals surface area contributed by atoms with Crippen LogP contribution in [-0.2, 0) is 33.2 Å². The standard InChI is InChI=1S/C32H53N5O10/c1-30(2,3)45-27(39)36(25-22-33-24(21-34-25)35-13-11-23(12-14-35)26(38)42-10)15-17-43-19-20-44-18-16-37(28(40)46-31(4,5)6)29(41)47-32(7,8)9/h21-23H,11-20H2,1-10H3. The molecule has 15 heteroatoms. The summed E-state index contributed by atoms with van der Waals surface area (Å²) in [5.74, 6) is 0.625. The summed E-state index contributed by atoms with van der Waals surface area (Å²) < 4.78 is 32.4. The lowest BCUT2D eigenvalue weighted by atomic mass is 9.97. The van der Waals surface area contributed by atoms with Crippen LogP contribution in [0.15, 0.2) is 12.4 Å². The van der Waals surface area contributed by atoms with Crippen molar-refractivity contribution in [3.63, 3.8) is 0 Å². The van der Waals surface area contributed by atoms with Crippen LogP contribution < -0.4 is 9.80 Å². The Kier molecular flexibility index (Phi) is 14.6. The summed E-state index contributed by atoms with van der Waals surface area (Å²) in [5.41, 5.74) is -2.32. The summed E-state index contributed by atoms with van der Waals surface area (Å²) >= 11 is 0. The van der Waals surface area contributed by atoms with Gasteiger partial charge in [0.25, 0.3) is 0 Å². The first-order chi connectivity index (χ1) is 21.8. The Morgan fingerprint density at radius 3 is 1.66 bits per heavy atom. The first-order valence-electron chi connectivity index (χ1n) is 15.8. The Morgan fingerprint density at radius 2 is 1.21 bits per heavy atom.